The Morgan fingerprint density at radius 1 is 1.27 bits per heavy atom. The van der Waals surface area contributed by atoms with Gasteiger partial charge in [0.1, 0.15) is 0 Å². The van der Waals surface area contributed by atoms with Crippen molar-refractivity contribution in [2.24, 2.45) is 5.92 Å². The van der Waals surface area contributed by atoms with E-state index in [0.717, 1.165) is 25.2 Å². The van der Waals surface area contributed by atoms with E-state index in [0.29, 0.717) is 0 Å². The number of hydrogen-bond acceptors (Lipinski definition) is 2. The van der Waals surface area contributed by atoms with Crippen LogP contribution in [0.1, 0.15) is 12.0 Å². The molecule has 15 heavy (non-hydrogen) atoms. The monoisotopic (exact) mass is 205 g/mol. The molecule has 0 saturated heterocycles. The molecule has 2 heteroatoms. The maximum absolute atomic E-state index is 5.70. The van der Waals surface area contributed by atoms with Crippen molar-refractivity contribution in [1.82, 2.24) is 4.90 Å². The van der Waals surface area contributed by atoms with Crippen molar-refractivity contribution in [2.75, 3.05) is 20.7 Å². The zero-order valence-electron chi connectivity index (χ0n) is 9.52. The van der Waals surface area contributed by atoms with Gasteiger partial charge < -0.3 is 9.64 Å². The third-order valence-electron chi connectivity index (χ3n) is 2.99. The highest BCUT2D eigenvalue weighted by Crippen LogP contribution is 2.34. The van der Waals surface area contributed by atoms with Gasteiger partial charge in [0, 0.05) is 6.04 Å². The van der Waals surface area contributed by atoms with Crippen LogP contribution in [0.3, 0.4) is 0 Å². The zero-order valence-corrected chi connectivity index (χ0v) is 9.52. The SMILES string of the molecule is CN(C)[C@@H]1C[C@H]1COCc1ccccc1. The third-order valence-corrected chi connectivity index (χ3v) is 2.99. The van der Waals surface area contributed by atoms with Gasteiger partial charge in [-0.25, -0.2) is 0 Å². The van der Waals surface area contributed by atoms with Gasteiger partial charge in [0.25, 0.3) is 0 Å². The van der Waals surface area contributed by atoms with E-state index in [1.54, 1.807) is 0 Å². The van der Waals surface area contributed by atoms with Crippen molar-refractivity contribution >= 4 is 0 Å². The lowest BCUT2D eigenvalue weighted by molar-refractivity contribution is 0.105. The van der Waals surface area contributed by atoms with Gasteiger partial charge in [0.15, 0.2) is 0 Å². The van der Waals surface area contributed by atoms with Crippen LogP contribution in [-0.2, 0) is 11.3 Å². The average molecular weight is 205 g/mol. The highest BCUT2D eigenvalue weighted by molar-refractivity contribution is 5.13. The smallest absolute Gasteiger partial charge is 0.0717 e. The Bertz CT molecular complexity index is 297. The summed E-state index contributed by atoms with van der Waals surface area (Å²) in [5.74, 6) is 0.753. The lowest BCUT2D eigenvalue weighted by Gasteiger charge is -2.09. The molecule has 82 valence electrons. The van der Waals surface area contributed by atoms with E-state index in [1.807, 2.05) is 6.07 Å². The fraction of sp³-hybridized carbons (Fsp3) is 0.538. The first-order chi connectivity index (χ1) is 7.27. The van der Waals surface area contributed by atoms with Gasteiger partial charge in [-0.1, -0.05) is 30.3 Å². The quantitative estimate of drug-likeness (QED) is 0.730. The summed E-state index contributed by atoms with van der Waals surface area (Å²) in [5, 5.41) is 0. The minimum absolute atomic E-state index is 0.748. The minimum atomic E-state index is 0.748. The van der Waals surface area contributed by atoms with E-state index in [1.165, 1.54) is 12.0 Å². The highest BCUT2D eigenvalue weighted by Gasteiger charge is 2.38. The van der Waals surface area contributed by atoms with Crippen LogP contribution in [-0.4, -0.2) is 31.6 Å². The molecular weight excluding hydrogens is 186 g/mol. The Balaban J connectivity index is 1.65. The summed E-state index contributed by atoms with van der Waals surface area (Å²) < 4.78 is 5.70. The van der Waals surface area contributed by atoms with Crippen LogP contribution in [0.4, 0.5) is 0 Å². The van der Waals surface area contributed by atoms with Crippen molar-refractivity contribution in [3.8, 4) is 0 Å². The van der Waals surface area contributed by atoms with E-state index < -0.39 is 0 Å². The van der Waals surface area contributed by atoms with E-state index in [4.69, 9.17) is 4.74 Å². The normalized spacial score (nSPS) is 24.5. The third kappa shape index (κ3) is 3.05. The lowest BCUT2D eigenvalue weighted by atomic mass is 10.2. The summed E-state index contributed by atoms with van der Waals surface area (Å²) >= 11 is 0. The molecule has 0 unspecified atom stereocenters. The molecule has 1 fully saturated rings. The van der Waals surface area contributed by atoms with E-state index >= 15 is 0 Å². The Hall–Kier alpha value is -0.860. The van der Waals surface area contributed by atoms with Crippen LogP contribution in [0.25, 0.3) is 0 Å². The van der Waals surface area contributed by atoms with Gasteiger partial charge in [-0.3, -0.25) is 0 Å². The molecule has 1 saturated carbocycles. The molecule has 2 atom stereocenters. The van der Waals surface area contributed by atoms with Crippen molar-refractivity contribution < 1.29 is 4.74 Å². The summed E-state index contributed by atoms with van der Waals surface area (Å²) in [6, 6.07) is 11.1. The van der Waals surface area contributed by atoms with Crippen LogP contribution >= 0.6 is 0 Å². The summed E-state index contributed by atoms with van der Waals surface area (Å²) in [4.78, 5) is 2.29. The van der Waals surface area contributed by atoms with E-state index in [-0.39, 0.29) is 0 Å². The number of nitrogens with zero attached hydrogens (tertiary/aromatic N) is 1. The Morgan fingerprint density at radius 3 is 2.60 bits per heavy atom. The maximum Gasteiger partial charge on any atom is 0.0717 e. The summed E-state index contributed by atoms with van der Waals surface area (Å²) in [5.41, 5.74) is 1.26. The van der Waals surface area contributed by atoms with Crippen LogP contribution < -0.4 is 0 Å². The first kappa shape index (κ1) is 10.7. The number of hydrogen-bond donors (Lipinski definition) is 0. The molecule has 0 radical (unpaired) electrons. The maximum atomic E-state index is 5.70. The molecular formula is C13H19NO. The Kier molecular flexibility index (Phi) is 3.39. The van der Waals surface area contributed by atoms with Crippen LogP contribution in [0.15, 0.2) is 30.3 Å². The predicted octanol–water partition coefficient (Wildman–Crippen LogP) is 2.15. The number of benzene rings is 1. The first-order valence-corrected chi connectivity index (χ1v) is 5.55. The molecule has 2 rings (SSSR count). The van der Waals surface area contributed by atoms with Crippen LogP contribution in [0, 0.1) is 5.92 Å². The molecule has 1 aromatic rings. The van der Waals surface area contributed by atoms with Crippen LogP contribution in [0.5, 0.6) is 0 Å². The second-order valence-electron chi connectivity index (χ2n) is 4.53. The second-order valence-corrected chi connectivity index (χ2v) is 4.53. The first-order valence-electron chi connectivity index (χ1n) is 5.55. The predicted molar refractivity (Wildman–Crippen MR) is 61.7 cm³/mol. The van der Waals surface area contributed by atoms with Crippen molar-refractivity contribution in [2.45, 2.75) is 19.1 Å². The second kappa shape index (κ2) is 4.77. The van der Waals surface area contributed by atoms with E-state index in [2.05, 4.69) is 43.3 Å². The number of ether oxygens (including phenoxy) is 1. The molecule has 2 nitrogen and oxygen atoms in total. The fourth-order valence-electron chi connectivity index (χ4n) is 1.95. The standard InChI is InChI=1S/C13H19NO/c1-14(2)13-8-12(13)10-15-9-11-6-4-3-5-7-11/h3-7,12-13H,8-10H2,1-2H3/t12-,13+/m0/s1. The largest absolute Gasteiger partial charge is 0.376 e. The van der Waals surface area contributed by atoms with E-state index in [9.17, 15) is 0 Å². The molecule has 0 aliphatic heterocycles. The van der Waals surface area contributed by atoms with Gasteiger partial charge in [0.05, 0.1) is 13.2 Å². The lowest BCUT2D eigenvalue weighted by Crippen LogP contribution is -2.17. The summed E-state index contributed by atoms with van der Waals surface area (Å²) in [7, 11) is 4.28. The average Bonchev–Trinajstić information content (AvgIpc) is 2.99. The number of rotatable bonds is 5. The van der Waals surface area contributed by atoms with Gasteiger partial charge in [0.2, 0.25) is 0 Å². The van der Waals surface area contributed by atoms with Crippen molar-refractivity contribution in [3.05, 3.63) is 35.9 Å². The molecule has 0 amide bonds. The molecule has 0 bridgehead atoms. The van der Waals surface area contributed by atoms with Gasteiger partial charge >= 0.3 is 0 Å². The Morgan fingerprint density at radius 2 is 2.00 bits per heavy atom. The Labute approximate surface area is 91.9 Å². The topological polar surface area (TPSA) is 12.5 Å². The van der Waals surface area contributed by atoms with Gasteiger partial charge in [-0.2, -0.15) is 0 Å². The summed E-state index contributed by atoms with van der Waals surface area (Å²) in [6.45, 7) is 1.65. The van der Waals surface area contributed by atoms with Gasteiger partial charge in [-0.15, -0.1) is 0 Å². The molecule has 0 spiro atoms. The fourth-order valence-corrected chi connectivity index (χ4v) is 1.95. The molecule has 0 heterocycles. The van der Waals surface area contributed by atoms with Crippen LogP contribution in [0.2, 0.25) is 0 Å². The minimum Gasteiger partial charge on any atom is -0.376 e. The molecule has 0 aromatic heterocycles. The van der Waals surface area contributed by atoms with Gasteiger partial charge in [-0.05, 0) is 32.0 Å². The van der Waals surface area contributed by atoms with Crippen molar-refractivity contribution in [1.29, 1.82) is 0 Å². The molecule has 1 aromatic carbocycles. The molecule has 0 N–H and O–H groups in total. The summed E-state index contributed by atoms with van der Waals surface area (Å²) in [6.07, 6.45) is 1.29. The highest BCUT2D eigenvalue weighted by atomic mass is 16.5. The molecule has 1 aliphatic carbocycles. The van der Waals surface area contributed by atoms with Crippen molar-refractivity contribution in [3.63, 3.8) is 0 Å². The molecule has 1 aliphatic rings. The zero-order chi connectivity index (χ0) is 10.7.